The molecular formula is C19H19N3O4S. The Bertz CT molecular complexity index is 1030. The van der Waals surface area contributed by atoms with Crippen molar-refractivity contribution in [3.63, 3.8) is 0 Å². The number of amides is 1. The largest absolute Gasteiger partial charge is 0.360 e. The third-order valence-electron chi connectivity index (χ3n) is 3.93. The number of sulfonamides is 1. The van der Waals surface area contributed by atoms with Crippen LogP contribution in [0.3, 0.4) is 0 Å². The molecule has 0 aliphatic carbocycles. The minimum absolute atomic E-state index is 0.0825. The normalized spacial score (nSPS) is 12.5. The summed E-state index contributed by atoms with van der Waals surface area (Å²) in [6.45, 7) is 3.49. The second-order valence-electron chi connectivity index (χ2n) is 6.05. The van der Waals surface area contributed by atoms with Gasteiger partial charge in [0.25, 0.3) is 5.91 Å². The van der Waals surface area contributed by atoms with Crippen molar-refractivity contribution in [2.75, 3.05) is 5.32 Å². The molecule has 1 aromatic heterocycles. The monoisotopic (exact) mass is 385 g/mol. The van der Waals surface area contributed by atoms with Gasteiger partial charge in [-0.1, -0.05) is 35.5 Å². The van der Waals surface area contributed by atoms with E-state index in [4.69, 9.17) is 4.52 Å². The van der Waals surface area contributed by atoms with Crippen molar-refractivity contribution in [3.05, 3.63) is 77.6 Å². The first-order chi connectivity index (χ1) is 12.8. The minimum atomic E-state index is -3.71. The Hall–Kier alpha value is -2.97. The predicted octanol–water partition coefficient (Wildman–Crippen LogP) is 3.27. The molecule has 0 saturated carbocycles. The Morgan fingerprint density at radius 1 is 1.07 bits per heavy atom. The SMILES string of the molecule is Cc1cc(NC(=O)c2ccc(S(=O)(=O)NC(C)c3ccccc3)cc2)no1. The van der Waals surface area contributed by atoms with Crippen LogP contribution < -0.4 is 10.0 Å². The molecule has 2 aromatic carbocycles. The maximum absolute atomic E-state index is 12.6. The van der Waals surface area contributed by atoms with Crippen LogP contribution in [-0.4, -0.2) is 19.5 Å². The van der Waals surface area contributed by atoms with Gasteiger partial charge < -0.3 is 9.84 Å². The van der Waals surface area contributed by atoms with Crippen LogP contribution in [0, 0.1) is 6.92 Å². The van der Waals surface area contributed by atoms with Crippen LogP contribution in [0.15, 0.2) is 70.1 Å². The van der Waals surface area contributed by atoms with Gasteiger partial charge in [-0.15, -0.1) is 0 Å². The van der Waals surface area contributed by atoms with Crippen molar-refractivity contribution in [2.24, 2.45) is 0 Å². The van der Waals surface area contributed by atoms with Crippen LogP contribution in [0.2, 0.25) is 0 Å². The summed E-state index contributed by atoms with van der Waals surface area (Å²) in [5.74, 6) is 0.468. The molecule has 0 aliphatic rings. The Labute approximate surface area is 157 Å². The number of hydrogen-bond donors (Lipinski definition) is 2. The molecule has 0 saturated heterocycles. The fourth-order valence-corrected chi connectivity index (χ4v) is 3.74. The van der Waals surface area contributed by atoms with Crippen LogP contribution >= 0.6 is 0 Å². The van der Waals surface area contributed by atoms with Gasteiger partial charge in [0.05, 0.1) is 4.90 Å². The molecule has 8 heteroatoms. The summed E-state index contributed by atoms with van der Waals surface area (Å²) in [5, 5.41) is 6.27. The lowest BCUT2D eigenvalue weighted by molar-refractivity contribution is 0.102. The highest BCUT2D eigenvalue weighted by molar-refractivity contribution is 7.89. The number of rotatable bonds is 6. The van der Waals surface area contributed by atoms with Gasteiger partial charge in [-0.3, -0.25) is 4.79 Å². The molecule has 0 radical (unpaired) electrons. The fourth-order valence-electron chi connectivity index (χ4n) is 2.51. The van der Waals surface area contributed by atoms with Gasteiger partial charge in [-0.05, 0) is 43.7 Å². The first kappa shape index (κ1) is 18.8. The summed E-state index contributed by atoms with van der Waals surface area (Å²) in [5.41, 5.74) is 1.17. The van der Waals surface area contributed by atoms with E-state index in [0.717, 1.165) is 5.56 Å². The van der Waals surface area contributed by atoms with Crippen molar-refractivity contribution in [1.29, 1.82) is 0 Å². The quantitative estimate of drug-likeness (QED) is 0.678. The molecule has 0 bridgehead atoms. The predicted molar refractivity (Wildman–Crippen MR) is 101 cm³/mol. The third kappa shape index (κ3) is 4.60. The van der Waals surface area contributed by atoms with E-state index in [-0.39, 0.29) is 10.9 Å². The topological polar surface area (TPSA) is 101 Å². The zero-order chi connectivity index (χ0) is 19.4. The van der Waals surface area contributed by atoms with Crippen molar-refractivity contribution < 1.29 is 17.7 Å². The standard InChI is InChI=1S/C19H19N3O4S/c1-13-12-18(21-26-13)20-19(23)16-8-10-17(11-9-16)27(24,25)22-14(2)15-6-4-3-5-7-15/h3-12,14,22H,1-2H3,(H,20,21,23). The van der Waals surface area contributed by atoms with Crippen LogP contribution in [-0.2, 0) is 10.0 Å². The molecule has 3 rings (SSSR count). The maximum atomic E-state index is 12.6. The average Bonchev–Trinajstić information content (AvgIpc) is 3.07. The molecule has 1 heterocycles. The highest BCUT2D eigenvalue weighted by Crippen LogP contribution is 2.18. The van der Waals surface area contributed by atoms with E-state index in [2.05, 4.69) is 15.2 Å². The molecule has 140 valence electrons. The van der Waals surface area contributed by atoms with Gasteiger partial charge in [-0.2, -0.15) is 0 Å². The van der Waals surface area contributed by atoms with Crippen molar-refractivity contribution in [2.45, 2.75) is 24.8 Å². The summed E-state index contributed by atoms with van der Waals surface area (Å²) >= 11 is 0. The van der Waals surface area contributed by atoms with E-state index in [1.807, 2.05) is 30.3 Å². The number of nitrogens with one attached hydrogen (secondary N) is 2. The second kappa shape index (κ2) is 7.73. The maximum Gasteiger partial charge on any atom is 0.256 e. The van der Waals surface area contributed by atoms with E-state index in [9.17, 15) is 13.2 Å². The molecule has 2 N–H and O–H groups in total. The average molecular weight is 385 g/mol. The van der Waals surface area contributed by atoms with Gasteiger partial charge in [0.1, 0.15) is 5.76 Å². The lowest BCUT2D eigenvalue weighted by Gasteiger charge is -2.14. The molecule has 1 amide bonds. The lowest BCUT2D eigenvalue weighted by atomic mass is 10.1. The zero-order valence-corrected chi connectivity index (χ0v) is 15.7. The van der Waals surface area contributed by atoms with Crippen LogP contribution in [0.1, 0.15) is 34.6 Å². The van der Waals surface area contributed by atoms with Gasteiger partial charge in [0.2, 0.25) is 10.0 Å². The Morgan fingerprint density at radius 2 is 1.74 bits per heavy atom. The smallest absolute Gasteiger partial charge is 0.256 e. The number of carbonyl (C=O) groups is 1. The molecule has 0 aliphatic heterocycles. The number of benzene rings is 2. The third-order valence-corrected chi connectivity index (χ3v) is 5.48. The highest BCUT2D eigenvalue weighted by Gasteiger charge is 2.19. The van der Waals surface area contributed by atoms with Gasteiger partial charge in [0.15, 0.2) is 5.82 Å². The van der Waals surface area contributed by atoms with Crippen LogP contribution in [0.4, 0.5) is 5.82 Å². The Kier molecular flexibility index (Phi) is 5.38. The van der Waals surface area contributed by atoms with Crippen molar-refractivity contribution in [1.82, 2.24) is 9.88 Å². The number of hydrogen-bond acceptors (Lipinski definition) is 5. The molecule has 0 spiro atoms. The summed E-state index contributed by atoms with van der Waals surface area (Å²) in [6, 6.07) is 16.2. The minimum Gasteiger partial charge on any atom is -0.360 e. The van der Waals surface area contributed by atoms with E-state index >= 15 is 0 Å². The summed E-state index contributed by atoms with van der Waals surface area (Å²) in [7, 11) is -3.71. The summed E-state index contributed by atoms with van der Waals surface area (Å²) < 4.78 is 32.6. The Balaban J connectivity index is 1.71. The Morgan fingerprint density at radius 3 is 2.33 bits per heavy atom. The number of carbonyl (C=O) groups excluding carboxylic acids is 1. The highest BCUT2D eigenvalue weighted by atomic mass is 32.2. The molecule has 0 fully saturated rings. The lowest BCUT2D eigenvalue weighted by Crippen LogP contribution is -2.27. The van der Waals surface area contributed by atoms with Crippen LogP contribution in [0.25, 0.3) is 0 Å². The molecule has 27 heavy (non-hydrogen) atoms. The zero-order valence-electron chi connectivity index (χ0n) is 14.8. The van der Waals surface area contributed by atoms with E-state index in [0.29, 0.717) is 17.1 Å². The van der Waals surface area contributed by atoms with Crippen molar-refractivity contribution in [3.8, 4) is 0 Å². The van der Waals surface area contributed by atoms with E-state index < -0.39 is 15.9 Å². The second-order valence-corrected chi connectivity index (χ2v) is 7.77. The molecule has 1 unspecified atom stereocenters. The van der Waals surface area contributed by atoms with E-state index in [1.165, 1.54) is 24.3 Å². The molecular weight excluding hydrogens is 366 g/mol. The summed E-state index contributed by atoms with van der Waals surface area (Å²) in [4.78, 5) is 12.3. The molecule has 1 atom stereocenters. The van der Waals surface area contributed by atoms with Gasteiger partial charge in [0, 0.05) is 17.7 Å². The summed E-state index contributed by atoms with van der Waals surface area (Å²) in [6.07, 6.45) is 0. The van der Waals surface area contributed by atoms with Gasteiger partial charge >= 0.3 is 0 Å². The molecule has 7 nitrogen and oxygen atoms in total. The number of anilines is 1. The number of aromatic nitrogens is 1. The van der Waals surface area contributed by atoms with Crippen LogP contribution in [0.5, 0.6) is 0 Å². The molecule has 3 aromatic rings. The van der Waals surface area contributed by atoms with Crippen molar-refractivity contribution >= 4 is 21.7 Å². The first-order valence-electron chi connectivity index (χ1n) is 8.27. The first-order valence-corrected chi connectivity index (χ1v) is 9.75. The number of nitrogens with zero attached hydrogens (tertiary/aromatic N) is 1. The van der Waals surface area contributed by atoms with Gasteiger partial charge in [-0.25, -0.2) is 13.1 Å². The number of aryl methyl sites for hydroxylation is 1. The fraction of sp³-hybridized carbons (Fsp3) is 0.158. The van der Waals surface area contributed by atoms with E-state index in [1.54, 1.807) is 19.9 Å².